The molecular weight excluding hydrogens is 915 g/mol. The van der Waals surface area contributed by atoms with E-state index in [0.717, 1.165) is 50.2 Å². The topological polar surface area (TPSA) is 120 Å². The summed E-state index contributed by atoms with van der Waals surface area (Å²) in [6, 6.07) is 20.5. The fraction of sp³-hybridized carbons (Fsp3) is 0.192. The van der Waals surface area contributed by atoms with Crippen LogP contribution < -0.4 is 9.47 Å². The highest BCUT2D eigenvalue weighted by Crippen LogP contribution is 2.37. The number of amides is 2. The summed E-state index contributed by atoms with van der Waals surface area (Å²) in [5.41, 5.74) is 3.30. The molecule has 0 unspecified atom stereocenters. The van der Waals surface area contributed by atoms with E-state index in [0.29, 0.717) is 82.2 Å². The Labute approximate surface area is 396 Å². The van der Waals surface area contributed by atoms with Crippen LogP contribution in [0, 0.1) is 34.9 Å². The van der Waals surface area contributed by atoms with Crippen LogP contribution >= 0.6 is 0 Å². The van der Waals surface area contributed by atoms with Crippen LogP contribution in [0.15, 0.2) is 135 Å². The Morgan fingerprint density at radius 1 is 0.543 bits per heavy atom. The molecule has 6 heterocycles. The summed E-state index contributed by atoms with van der Waals surface area (Å²) in [5, 5.41) is 10.2. The Kier molecular flexibility index (Phi) is 13.5. The maximum absolute atomic E-state index is 14.9. The minimum Gasteiger partial charge on any atom is -0.454 e. The number of benzene rings is 4. The quantitative estimate of drug-likeness (QED) is 0.0982. The summed E-state index contributed by atoms with van der Waals surface area (Å²) < 4.78 is 98.8. The Balaban J connectivity index is 0.000000174. The van der Waals surface area contributed by atoms with Gasteiger partial charge in [0.05, 0.1) is 69.4 Å². The number of hydrogen-bond acceptors (Lipinski definition) is 8. The number of carbonyl (C=O) groups excluding carboxylic acids is 2. The maximum atomic E-state index is 14.9. The zero-order valence-electron chi connectivity index (χ0n) is 37.3. The lowest BCUT2D eigenvalue weighted by Crippen LogP contribution is -2.38. The fourth-order valence-corrected chi connectivity index (χ4v) is 8.82. The molecule has 0 bridgehead atoms. The van der Waals surface area contributed by atoms with Crippen LogP contribution in [0.4, 0.5) is 26.3 Å². The highest BCUT2D eigenvalue weighted by molar-refractivity contribution is 5.88. The van der Waals surface area contributed by atoms with E-state index < -0.39 is 34.9 Å². The predicted octanol–water partition coefficient (Wildman–Crippen LogP) is 11.0. The van der Waals surface area contributed by atoms with Gasteiger partial charge in [0.25, 0.3) is 0 Å². The molecule has 0 radical (unpaired) electrons. The first-order chi connectivity index (χ1) is 33.9. The SMILES string of the molecule is C=CC(=O)N1CCC[C@@H](c2nn(-c3ccc(Oc4cccc(F)c4F)cc3)c3cncc(F)c23)C1.C=CC(=O)N1CCC[C@H](c2nn(-c3ccc(Oc4cccc(F)c4F)cc3)c3cncc(F)c23)C1. The molecule has 2 aliphatic rings. The van der Waals surface area contributed by atoms with Crippen molar-refractivity contribution in [2.45, 2.75) is 37.5 Å². The minimum atomic E-state index is -1.07. The summed E-state index contributed by atoms with van der Waals surface area (Å²) in [6.07, 6.45) is 11.0. The van der Waals surface area contributed by atoms with Gasteiger partial charge in [-0.3, -0.25) is 19.6 Å². The number of aromatic nitrogens is 6. The lowest BCUT2D eigenvalue weighted by atomic mass is 9.93. The van der Waals surface area contributed by atoms with Crippen molar-refractivity contribution >= 4 is 33.6 Å². The van der Waals surface area contributed by atoms with Gasteiger partial charge >= 0.3 is 0 Å². The number of hydrogen-bond donors (Lipinski definition) is 0. The van der Waals surface area contributed by atoms with Gasteiger partial charge in [-0.2, -0.15) is 19.0 Å². The van der Waals surface area contributed by atoms with Gasteiger partial charge in [-0.15, -0.1) is 0 Å². The van der Waals surface area contributed by atoms with Gasteiger partial charge in [0.1, 0.15) is 11.5 Å². The zero-order valence-corrected chi connectivity index (χ0v) is 37.3. The highest BCUT2D eigenvalue weighted by Gasteiger charge is 2.31. The number of pyridine rings is 2. The first-order valence-electron chi connectivity index (χ1n) is 22.2. The molecule has 0 aliphatic carbocycles. The van der Waals surface area contributed by atoms with Crippen LogP contribution in [0.3, 0.4) is 0 Å². The van der Waals surface area contributed by atoms with Gasteiger partial charge < -0.3 is 19.3 Å². The van der Waals surface area contributed by atoms with Crippen molar-refractivity contribution in [1.82, 2.24) is 39.3 Å². The van der Waals surface area contributed by atoms with Crippen LogP contribution in [0.25, 0.3) is 33.2 Å². The number of rotatable bonds is 10. The summed E-state index contributed by atoms with van der Waals surface area (Å²) in [4.78, 5) is 35.7. The normalized spacial score (nSPS) is 15.9. The molecule has 2 atom stereocenters. The van der Waals surface area contributed by atoms with Crippen molar-refractivity contribution in [2.24, 2.45) is 0 Å². The Bertz CT molecular complexity index is 3050. The third-order valence-corrected chi connectivity index (χ3v) is 12.2. The Morgan fingerprint density at radius 3 is 1.33 bits per heavy atom. The molecule has 4 aromatic carbocycles. The molecule has 2 fully saturated rings. The first kappa shape index (κ1) is 46.8. The van der Waals surface area contributed by atoms with Crippen molar-refractivity contribution in [3.63, 3.8) is 0 Å². The number of carbonyl (C=O) groups is 2. The van der Waals surface area contributed by atoms with E-state index >= 15 is 0 Å². The standard InChI is InChI=1S/2C26H21F3N4O2/c2*1-2-23(34)32-12-4-5-16(15-32)26-24-20(28)13-30-14-21(24)33(31-26)17-8-10-18(11-9-17)35-22-7-3-6-19(27)25(22)29/h2*2-3,6-11,13-14,16H,1,4-5,12,15H2/t2*16-/m10/s1. The average molecular weight is 957 g/mol. The third kappa shape index (κ3) is 9.44. The molecule has 4 aromatic heterocycles. The number of nitrogens with zero attached hydrogens (tertiary/aromatic N) is 8. The van der Waals surface area contributed by atoms with Crippen LogP contribution in [0.1, 0.15) is 48.9 Å². The van der Waals surface area contributed by atoms with Gasteiger partial charge in [0, 0.05) is 38.0 Å². The van der Waals surface area contributed by atoms with Crippen LogP contribution in [0.2, 0.25) is 0 Å². The molecule has 0 spiro atoms. The largest absolute Gasteiger partial charge is 0.454 e. The van der Waals surface area contributed by atoms with Crippen LogP contribution in [0.5, 0.6) is 23.0 Å². The molecule has 2 saturated heterocycles. The zero-order chi connectivity index (χ0) is 49.1. The van der Waals surface area contributed by atoms with Gasteiger partial charge in [-0.05, 0) is 111 Å². The number of ether oxygens (including phenoxy) is 2. The van der Waals surface area contributed by atoms with E-state index in [1.54, 1.807) is 67.7 Å². The number of halogens is 6. The molecule has 0 N–H and O–H groups in total. The van der Waals surface area contributed by atoms with Crippen molar-refractivity contribution < 1.29 is 45.4 Å². The molecule has 10 rings (SSSR count). The maximum Gasteiger partial charge on any atom is 0.245 e. The Hall–Kier alpha value is -8.28. The lowest BCUT2D eigenvalue weighted by Gasteiger charge is -2.31. The van der Waals surface area contributed by atoms with E-state index in [-0.39, 0.29) is 35.1 Å². The molecule has 0 saturated carbocycles. The predicted molar refractivity (Wildman–Crippen MR) is 248 cm³/mol. The summed E-state index contributed by atoms with van der Waals surface area (Å²) >= 11 is 0. The monoisotopic (exact) mass is 956 g/mol. The molecule has 356 valence electrons. The molecular formula is C52H42F6N8O4. The smallest absolute Gasteiger partial charge is 0.245 e. The molecule has 70 heavy (non-hydrogen) atoms. The van der Waals surface area contributed by atoms with Crippen molar-refractivity contribution in [1.29, 1.82) is 0 Å². The third-order valence-electron chi connectivity index (χ3n) is 12.2. The second-order valence-electron chi connectivity index (χ2n) is 16.6. The lowest BCUT2D eigenvalue weighted by molar-refractivity contribution is -0.127. The summed E-state index contributed by atoms with van der Waals surface area (Å²) in [7, 11) is 0. The highest BCUT2D eigenvalue weighted by atomic mass is 19.2. The summed E-state index contributed by atoms with van der Waals surface area (Å²) in [5.74, 6) is -5.60. The van der Waals surface area contributed by atoms with Gasteiger partial charge in [0.2, 0.25) is 23.4 Å². The second kappa shape index (κ2) is 20.1. The fourth-order valence-electron chi connectivity index (χ4n) is 8.82. The first-order valence-corrected chi connectivity index (χ1v) is 22.2. The van der Waals surface area contributed by atoms with Crippen molar-refractivity contribution in [2.75, 3.05) is 26.2 Å². The molecule has 8 aromatic rings. The van der Waals surface area contributed by atoms with E-state index in [1.165, 1.54) is 48.8 Å². The number of fused-ring (bicyclic) bond motifs is 2. The van der Waals surface area contributed by atoms with Crippen molar-refractivity contribution in [3.8, 4) is 34.4 Å². The molecule has 2 aliphatic heterocycles. The molecule has 2 amide bonds. The van der Waals surface area contributed by atoms with Crippen LogP contribution in [-0.4, -0.2) is 77.3 Å². The van der Waals surface area contributed by atoms with E-state index in [1.807, 2.05) is 0 Å². The number of piperidine rings is 2. The molecule has 12 nitrogen and oxygen atoms in total. The van der Waals surface area contributed by atoms with E-state index in [4.69, 9.17) is 19.7 Å². The number of likely N-dealkylation sites (tertiary alicyclic amines) is 2. The van der Waals surface area contributed by atoms with Crippen LogP contribution in [-0.2, 0) is 9.59 Å². The van der Waals surface area contributed by atoms with Crippen molar-refractivity contribution in [3.05, 3.63) is 181 Å². The average Bonchev–Trinajstić information content (AvgIpc) is 3.98. The van der Waals surface area contributed by atoms with E-state index in [2.05, 4.69) is 23.1 Å². The summed E-state index contributed by atoms with van der Waals surface area (Å²) in [6.45, 7) is 9.20. The molecule has 18 heteroatoms. The van der Waals surface area contributed by atoms with Gasteiger partial charge in [-0.1, -0.05) is 25.3 Å². The Morgan fingerprint density at radius 2 is 0.943 bits per heavy atom. The van der Waals surface area contributed by atoms with E-state index in [9.17, 15) is 35.9 Å². The van der Waals surface area contributed by atoms with Gasteiger partial charge in [-0.25, -0.2) is 26.9 Å². The minimum absolute atomic E-state index is 0.146. The van der Waals surface area contributed by atoms with Gasteiger partial charge in [0.15, 0.2) is 34.8 Å². The second-order valence-corrected chi connectivity index (χ2v) is 16.6.